The average Bonchev–Trinajstić information content (AvgIpc) is 3.29. The fraction of sp³-hybridized carbons (Fsp3) is 0.556. The second-order valence-corrected chi connectivity index (χ2v) is 6.26. The van der Waals surface area contributed by atoms with Gasteiger partial charge in [-0.3, -0.25) is 9.59 Å². The molecule has 0 unspecified atom stereocenters. The highest BCUT2D eigenvalue weighted by molar-refractivity contribution is 5.96. The van der Waals surface area contributed by atoms with E-state index in [0.717, 1.165) is 19.3 Å². The third-order valence-corrected chi connectivity index (χ3v) is 3.70. The van der Waals surface area contributed by atoms with E-state index in [-0.39, 0.29) is 24.5 Å². The highest BCUT2D eigenvalue weighted by Crippen LogP contribution is 2.28. The molecule has 0 aromatic heterocycles. The zero-order valence-corrected chi connectivity index (χ0v) is 13.7. The number of ether oxygens (including phenoxy) is 1. The van der Waals surface area contributed by atoms with Gasteiger partial charge in [0, 0.05) is 11.6 Å². The fourth-order valence-corrected chi connectivity index (χ4v) is 2.52. The minimum absolute atomic E-state index is 0.0467. The molecule has 0 N–H and O–H groups in total. The van der Waals surface area contributed by atoms with Crippen LogP contribution in [0.5, 0.6) is 0 Å². The molecule has 0 atom stereocenters. The summed E-state index contributed by atoms with van der Waals surface area (Å²) in [4.78, 5) is 25.9. The van der Waals surface area contributed by atoms with Gasteiger partial charge in [0.1, 0.15) is 6.54 Å². The first-order valence-corrected chi connectivity index (χ1v) is 8.06. The molecule has 1 aromatic rings. The maximum absolute atomic E-state index is 12.6. The molecule has 0 heterocycles. The van der Waals surface area contributed by atoms with Crippen LogP contribution >= 0.6 is 0 Å². The molecule has 1 fully saturated rings. The van der Waals surface area contributed by atoms with Crippen LogP contribution in [0.3, 0.4) is 0 Å². The van der Waals surface area contributed by atoms with E-state index in [2.05, 4.69) is 13.8 Å². The Kier molecular flexibility index (Phi) is 5.58. The van der Waals surface area contributed by atoms with Gasteiger partial charge in [0.15, 0.2) is 0 Å². The number of rotatable bonds is 7. The second kappa shape index (κ2) is 7.43. The quantitative estimate of drug-likeness (QED) is 0.727. The lowest BCUT2D eigenvalue weighted by atomic mass is 10.0. The van der Waals surface area contributed by atoms with Gasteiger partial charge in [0.25, 0.3) is 5.91 Å². The van der Waals surface area contributed by atoms with Gasteiger partial charge in [0.2, 0.25) is 0 Å². The van der Waals surface area contributed by atoms with Crippen molar-refractivity contribution in [3.63, 3.8) is 0 Å². The Bertz CT molecular complexity index is 518. The minimum atomic E-state index is -0.334. The lowest BCUT2D eigenvalue weighted by molar-refractivity contribution is -0.144. The van der Waals surface area contributed by atoms with Gasteiger partial charge in [0.05, 0.1) is 6.61 Å². The van der Waals surface area contributed by atoms with Crippen molar-refractivity contribution in [3.05, 3.63) is 35.4 Å². The van der Waals surface area contributed by atoms with Crippen LogP contribution in [0.25, 0.3) is 0 Å². The van der Waals surface area contributed by atoms with Crippen LogP contribution in [0.4, 0.5) is 0 Å². The largest absolute Gasteiger partial charge is 0.465 e. The molecule has 0 radical (unpaired) electrons. The van der Waals surface area contributed by atoms with Crippen molar-refractivity contribution in [2.75, 3.05) is 13.2 Å². The van der Waals surface area contributed by atoms with Crippen molar-refractivity contribution < 1.29 is 14.3 Å². The van der Waals surface area contributed by atoms with E-state index in [0.29, 0.717) is 18.1 Å². The standard InChI is InChI=1S/C18H25NO3/c1-4-22-17(20)12-19(16-9-10-16)18(21)15-7-5-14(6-8-15)11-13(2)3/h5-8,13,16H,4,9-12H2,1-3H3. The molecular formula is C18H25NO3. The van der Waals surface area contributed by atoms with Crippen molar-refractivity contribution in [2.45, 2.75) is 46.1 Å². The third-order valence-electron chi connectivity index (χ3n) is 3.70. The second-order valence-electron chi connectivity index (χ2n) is 6.26. The lowest BCUT2D eigenvalue weighted by Gasteiger charge is -2.21. The first-order chi connectivity index (χ1) is 10.5. The number of hydrogen-bond donors (Lipinski definition) is 0. The number of esters is 1. The van der Waals surface area contributed by atoms with Gasteiger partial charge in [-0.15, -0.1) is 0 Å². The Balaban J connectivity index is 2.05. The fourth-order valence-electron chi connectivity index (χ4n) is 2.52. The summed E-state index contributed by atoms with van der Waals surface area (Å²) in [6.07, 6.45) is 2.94. The van der Waals surface area contributed by atoms with Crippen LogP contribution in [0.1, 0.15) is 49.5 Å². The molecule has 1 saturated carbocycles. The van der Waals surface area contributed by atoms with Crippen molar-refractivity contribution in [3.8, 4) is 0 Å². The molecule has 0 bridgehead atoms. The van der Waals surface area contributed by atoms with Crippen molar-refractivity contribution in [2.24, 2.45) is 5.92 Å². The monoisotopic (exact) mass is 303 g/mol. The molecule has 1 aromatic carbocycles. The topological polar surface area (TPSA) is 46.6 Å². The van der Waals surface area contributed by atoms with E-state index < -0.39 is 0 Å². The van der Waals surface area contributed by atoms with Gasteiger partial charge in [-0.2, -0.15) is 0 Å². The molecule has 22 heavy (non-hydrogen) atoms. The zero-order valence-electron chi connectivity index (χ0n) is 13.7. The number of carbonyl (C=O) groups is 2. The van der Waals surface area contributed by atoms with Crippen LogP contribution in [0, 0.1) is 5.92 Å². The van der Waals surface area contributed by atoms with Crippen molar-refractivity contribution >= 4 is 11.9 Å². The van der Waals surface area contributed by atoms with Crippen LogP contribution in [0.2, 0.25) is 0 Å². The predicted octanol–water partition coefficient (Wildman–Crippen LogP) is 3.05. The van der Waals surface area contributed by atoms with E-state index in [1.165, 1.54) is 5.56 Å². The summed E-state index contributed by atoms with van der Waals surface area (Å²) in [5.74, 6) is 0.180. The summed E-state index contributed by atoms with van der Waals surface area (Å²) >= 11 is 0. The Morgan fingerprint density at radius 3 is 2.36 bits per heavy atom. The van der Waals surface area contributed by atoms with Crippen LogP contribution in [0.15, 0.2) is 24.3 Å². The summed E-state index contributed by atoms with van der Waals surface area (Å²) in [5, 5.41) is 0. The number of nitrogens with zero attached hydrogens (tertiary/aromatic N) is 1. The summed E-state index contributed by atoms with van der Waals surface area (Å²) in [6, 6.07) is 7.92. The van der Waals surface area contributed by atoms with E-state index in [1.807, 2.05) is 24.3 Å². The molecular weight excluding hydrogens is 278 g/mol. The Morgan fingerprint density at radius 2 is 1.86 bits per heavy atom. The Morgan fingerprint density at radius 1 is 1.23 bits per heavy atom. The summed E-state index contributed by atoms with van der Waals surface area (Å²) < 4.78 is 4.97. The molecule has 4 heteroatoms. The molecule has 1 aliphatic rings. The lowest BCUT2D eigenvalue weighted by Crippen LogP contribution is -2.38. The molecule has 1 aliphatic carbocycles. The van der Waals surface area contributed by atoms with Gasteiger partial charge in [-0.05, 0) is 49.8 Å². The first kappa shape index (κ1) is 16.5. The van der Waals surface area contributed by atoms with Crippen molar-refractivity contribution in [1.82, 2.24) is 4.90 Å². The SMILES string of the molecule is CCOC(=O)CN(C(=O)c1ccc(CC(C)C)cc1)C1CC1. The highest BCUT2D eigenvalue weighted by Gasteiger charge is 2.34. The highest BCUT2D eigenvalue weighted by atomic mass is 16.5. The molecule has 0 aliphatic heterocycles. The molecule has 4 nitrogen and oxygen atoms in total. The number of carbonyl (C=O) groups excluding carboxylic acids is 2. The molecule has 120 valence electrons. The van der Waals surface area contributed by atoms with E-state index in [4.69, 9.17) is 4.74 Å². The summed E-state index contributed by atoms with van der Waals surface area (Å²) in [6.45, 7) is 6.51. The molecule has 2 rings (SSSR count). The Hall–Kier alpha value is -1.84. The Labute approximate surface area is 132 Å². The van der Waals surface area contributed by atoms with Gasteiger partial charge in [-0.25, -0.2) is 0 Å². The van der Waals surface area contributed by atoms with Crippen molar-refractivity contribution in [1.29, 1.82) is 0 Å². The van der Waals surface area contributed by atoms with Crippen LogP contribution in [-0.2, 0) is 16.0 Å². The first-order valence-electron chi connectivity index (χ1n) is 8.06. The van der Waals surface area contributed by atoms with Gasteiger partial charge >= 0.3 is 5.97 Å². The van der Waals surface area contributed by atoms with Gasteiger partial charge < -0.3 is 9.64 Å². The molecule has 1 amide bonds. The maximum atomic E-state index is 12.6. The summed E-state index contributed by atoms with van der Waals surface area (Å²) in [5.41, 5.74) is 1.87. The van der Waals surface area contributed by atoms with E-state index in [9.17, 15) is 9.59 Å². The van der Waals surface area contributed by atoms with E-state index in [1.54, 1.807) is 11.8 Å². The summed E-state index contributed by atoms with van der Waals surface area (Å²) in [7, 11) is 0. The molecule has 0 spiro atoms. The normalized spacial score (nSPS) is 14.0. The van der Waals surface area contributed by atoms with E-state index >= 15 is 0 Å². The third kappa shape index (κ3) is 4.58. The predicted molar refractivity (Wildman–Crippen MR) is 85.7 cm³/mol. The minimum Gasteiger partial charge on any atom is -0.465 e. The average molecular weight is 303 g/mol. The maximum Gasteiger partial charge on any atom is 0.325 e. The van der Waals surface area contributed by atoms with Crippen LogP contribution in [-0.4, -0.2) is 36.0 Å². The number of hydrogen-bond acceptors (Lipinski definition) is 3. The zero-order chi connectivity index (χ0) is 16.1. The smallest absolute Gasteiger partial charge is 0.325 e. The number of benzene rings is 1. The van der Waals surface area contributed by atoms with Gasteiger partial charge in [-0.1, -0.05) is 26.0 Å². The van der Waals surface area contributed by atoms with Crippen LogP contribution < -0.4 is 0 Å². The number of amides is 1. The molecule has 0 saturated heterocycles.